The van der Waals surface area contributed by atoms with E-state index in [1.54, 1.807) is 37.8 Å². The number of rotatable bonds is 7. The normalized spacial score (nSPS) is 10.5. The molecule has 0 aliphatic rings. The molecule has 0 spiro atoms. The summed E-state index contributed by atoms with van der Waals surface area (Å²) in [5.41, 5.74) is 1.54. The highest BCUT2D eigenvalue weighted by Gasteiger charge is 2.21. The van der Waals surface area contributed by atoms with Gasteiger partial charge in [0.15, 0.2) is 0 Å². The third-order valence-electron chi connectivity index (χ3n) is 3.68. The largest absolute Gasteiger partial charge is 0.495 e. The van der Waals surface area contributed by atoms with E-state index < -0.39 is 4.92 Å². The molecule has 0 saturated carbocycles. The van der Waals surface area contributed by atoms with Crippen molar-refractivity contribution in [1.29, 1.82) is 0 Å². The highest BCUT2D eigenvalue weighted by atomic mass is 16.6. The van der Waals surface area contributed by atoms with E-state index in [0.717, 1.165) is 0 Å². The van der Waals surface area contributed by atoms with Crippen LogP contribution >= 0.6 is 0 Å². The van der Waals surface area contributed by atoms with Crippen molar-refractivity contribution in [3.05, 3.63) is 45.8 Å². The van der Waals surface area contributed by atoms with Crippen LogP contribution in [0.3, 0.4) is 0 Å². The Balaban J connectivity index is 1.91. The van der Waals surface area contributed by atoms with Crippen molar-refractivity contribution in [2.24, 2.45) is 0 Å². The van der Waals surface area contributed by atoms with Crippen LogP contribution in [0, 0.1) is 24.0 Å². The molecular formula is C16H20N4O4. The first-order valence-electron chi connectivity index (χ1n) is 7.55. The SMILES string of the molecule is COc1ccccc1NC(=O)CCCn1nc(C)c([N+](=O)[O-])c1C. The zero-order valence-electron chi connectivity index (χ0n) is 13.9. The van der Waals surface area contributed by atoms with Gasteiger partial charge in [0.2, 0.25) is 5.91 Å². The molecule has 0 aliphatic heterocycles. The molecule has 0 radical (unpaired) electrons. The molecule has 0 saturated heterocycles. The number of ether oxygens (including phenoxy) is 1. The number of hydrogen-bond donors (Lipinski definition) is 1. The molecule has 0 unspecified atom stereocenters. The molecule has 2 aromatic rings. The maximum atomic E-state index is 12.0. The van der Waals surface area contributed by atoms with Crippen molar-refractivity contribution in [2.75, 3.05) is 12.4 Å². The summed E-state index contributed by atoms with van der Waals surface area (Å²) < 4.78 is 6.75. The molecule has 8 heteroatoms. The lowest BCUT2D eigenvalue weighted by Crippen LogP contribution is -2.13. The summed E-state index contributed by atoms with van der Waals surface area (Å²) in [7, 11) is 1.54. The van der Waals surface area contributed by atoms with Gasteiger partial charge in [-0.2, -0.15) is 5.10 Å². The monoisotopic (exact) mass is 332 g/mol. The Morgan fingerprint density at radius 3 is 2.71 bits per heavy atom. The topological polar surface area (TPSA) is 99.3 Å². The highest BCUT2D eigenvalue weighted by molar-refractivity contribution is 5.92. The van der Waals surface area contributed by atoms with Gasteiger partial charge in [0.1, 0.15) is 17.1 Å². The number of methoxy groups -OCH3 is 1. The quantitative estimate of drug-likeness (QED) is 0.621. The van der Waals surface area contributed by atoms with Crippen LogP contribution in [0.5, 0.6) is 5.75 Å². The molecule has 128 valence electrons. The number of nitro groups is 1. The predicted molar refractivity (Wildman–Crippen MR) is 89.2 cm³/mol. The third-order valence-corrected chi connectivity index (χ3v) is 3.68. The Hall–Kier alpha value is -2.90. The lowest BCUT2D eigenvalue weighted by atomic mass is 10.2. The molecule has 1 heterocycles. The van der Waals surface area contributed by atoms with E-state index in [0.29, 0.717) is 35.8 Å². The second-order valence-corrected chi connectivity index (χ2v) is 5.35. The summed E-state index contributed by atoms with van der Waals surface area (Å²) >= 11 is 0. The van der Waals surface area contributed by atoms with Gasteiger partial charge in [0.25, 0.3) is 0 Å². The van der Waals surface area contributed by atoms with Gasteiger partial charge in [-0.3, -0.25) is 19.6 Å². The number of anilines is 1. The van der Waals surface area contributed by atoms with Crippen molar-refractivity contribution in [1.82, 2.24) is 9.78 Å². The molecule has 0 aliphatic carbocycles. The second kappa shape index (κ2) is 7.58. The predicted octanol–water partition coefficient (Wildman–Crippen LogP) is 2.84. The minimum Gasteiger partial charge on any atom is -0.495 e. The number of aromatic nitrogens is 2. The average Bonchev–Trinajstić information content (AvgIpc) is 2.82. The first-order chi connectivity index (χ1) is 11.4. The van der Waals surface area contributed by atoms with Crippen LogP contribution in [0.25, 0.3) is 0 Å². The number of nitrogens with zero attached hydrogens (tertiary/aromatic N) is 3. The first kappa shape index (κ1) is 17.5. The van der Waals surface area contributed by atoms with Crippen LogP contribution in [0.15, 0.2) is 24.3 Å². The molecule has 24 heavy (non-hydrogen) atoms. The third kappa shape index (κ3) is 3.89. The lowest BCUT2D eigenvalue weighted by molar-refractivity contribution is -0.386. The van der Waals surface area contributed by atoms with Gasteiger partial charge in [0, 0.05) is 13.0 Å². The van der Waals surface area contributed by atoms with Gasteiger partial charge in [-0.25, -0.2) is 0 Å². The van der Waals surface area contributed by atoms with Crippen LogP contribution in [-0.2, 0) is 11.3 Å². The van der Waals surface area contributed by atoms with E-state index >= 15 is 0 Å². The van der Waals surface area contributed by atoms with E-state index in [1.165, 1.54) is 0 Å². The number of carbonyl (C=O) groups excluding carboxylic acids is 1. The Bertz CT molecular complexity index is 755. The van der Waals surface area contributed by atoms with Crippen molar-refractivity contribution >= 4 is 17.3 Å². The maximum Gasteiger partial charge on any atom is 0.312 e. The van der Waals surface area contributed by atoms with Crippen LogP contribution in [-0.4, -0.2) is 27.7 Å². The number of benzene rings is 1. The number of hydrogen-bond acceptors (Lipinski definition) is 5. The summed E-state index contributed by atoms with van der Waals surface area (Å²) in [6.07, 6.45) is 0.810. The first-order valence-corrected chi connectivity index (χ1v) is 7.55. The van der Waals surface area contributed by atoms with E-state index in [4.69, 9.17) is 4.74 Å². The van der Waals surface area contributed by atoms with Crippen molar-refractivity contribution in [3.63, 3.8) is 0 Å². The molecule has 0 atom stereocenters. The lowest BCUT2D eigenvalue weighted by Gasteiger charge is -2.10. The van der Waals surface area contributed by atoms with Crippen molar-refractivity contribution in [3.8, 4) is 5.75 Å². The van der Waals surface area contributed by atoms with Gasteiger partial charge in [-0.15, -0.1) is 0 Å². The smallest absolute Gasteiger partial charge is 0.312 e. The minimum absolute atomic E-state index is 0.0356. The molecule has 1 aromatic carbocycles. The van der Waals surface area contributed by atoms with Crippen LogP contribution in [0.2, 0.25) is 0 Å². The van der Waals surface area contributed by atoms with E-state index in [1.807, 2.05) is 12.1 Å². The van der Waals surface area contributed by atoms with E-state index in [-0.39, 0.29) is 18.0 Å². The standard InChI is InChI=1S/C16H20N4O4/c1-11-16(20(22)23)12(2)19(18-11)10-6-9-15(21)17-13-7-4-5-8-14(13)24-3/h4-5,7-8H,6,9-10H2,1-3H3,(H,17,21). The number of nitrogens with one attached hydrogen (secondary N) is 1. The molecule has 0 fully saturated rings. The minimum atomic E-state index is -0.428. The fourth-order valence-electron chi connectivity index (χ4n) is 2.52. The average molecular weight is 332 g/mol. The number of amides is 1. The number of aryl methyl sites for hydroxylation is 2. The van der Waals surface area contributed by atoms with Crippen molar-refractivity contribution < 1.29 is 14.5 Å². The molecule has 8 nitrogen and oxygen atoms in total. The molecule has 1 aromatic heterocycles. The molecular weight excluding hydrogens is 312 g/mol. The zero-order chi connectivity index (χ0) is 17.7. The van der Waals surface area contributed by atoms with Gasteiger partial charge in [-0.1, -0.05) is 12.1 Å². The van der Waals surface area contributed by atoms with Gasteiger partial charge < -0.3 is 10.1 Å². The summed E-state index contributed by atoms with van der Waals surface area (Å²) in [6, 6.07) is 7.17. The maximum absolute atomic E-state index is 12.0. The van der Waals surface area contributed by atoms with Gasteiger partial charge in [-0.05, 0) is 32.4 Å². The molecule has 1 amide bonds. The number of para-hydroxylation sites is 2. The molecule has 1 N–H and O–H groups in total. The zero-order valence-corrected chi connectivity index (χ0v) is 13.9. The van der Waals surface area contributed by atoms with Gasteiger partial charge in [0.05, 0.1) is 17.7 Å². The Labute approximate surface area is 139 Å². The summed E-state index contributed by atoms with van der Waals surface area (Å²) in [6.45, 7) is 3.71. The molecule has 0 bridgehead atoms. The Morgan fingerprint density at radius 1 is 1.38 bits per heavy atom. The summed E-state index contributed by atoms with van der Waals surface area (Å²) in [5, 5.41) is 17.9. The van der Waals surface area contributed by atoms with Crippen LogP contribution < -0.4 is 10.1 Å². The fraction of sp³-hybridized carbons (Fsp3) is 0.375. The summed E-state index contributed by atoms with van der Waals surface area (Å²) in [5.74, 6) is 0.454. The second-order valence-electron chi connectivity index (χ2n) is 5.35. The van der Waals surface area contributed by atoms with E-state index in [2.05, 4.69) is 10.4 Å². The van der Waals surface area contributed by atoms with Crippen LogP contribution in [0.4, 0.5) is 11.4 Å². The highest BCUT2D eigenvalue weighted by Crippen LogP contribution is 2.24. The number of carbonyl (C=O) groups is 1. The van der Waals surface area contributed by atoms with Crippen molar-refractivity contribution in [2.45, 2.75) is 33.2 Å². The van der Waals surface area contributed by atoms with Crippen LogP contribution in [0.1, 0.15) is 24.2 Å². The molecule has 2 rings (SSSR count). The van der Waals surface area contributed by atoms with Gasteiger partial charge >= 0.3 is 5.69 Å². The van der Waals surface area contributed by atoms with E-state index in [9.17, 15) is 14.9 Å². The summed E-state index contributed by atoms with van der Waals surface area (Å²) in [4.78, 5) is 22.6. The Kier molecular flexibility index (Phi) is 5.51. The Morgan fingerprint density at radius 2 is 2.08 bits per heavy atom. The fourth-order valence-corrected chi connectivity index (χ4v) is 2.52.